The summed E-state index contributed by atoms with van der Waals surface area (Å²) < 4.78 is 0. The maximum Gasteiger partial charge on any atom is 0.407 e. The quantitative estimate of drug-likeness (QED) is 0.0632. The highest BCUT2D eigenvalue weighted by molar-refractivity contribution is 5.89. The van der Waals surface area contributed by atoms with Crippen LogP contribution in [0.2, 0.25) is 0 Å². The third-order valence-corrected chi connectivity index (χ3v) is 9.92. The Labute approximate surface area is 284 Å². The van der Waals surface area contributed by atoms with Crippen molar-refractivity contribution in [3.63, 3.8) is 0 Å². The summed E-state index contributed by atoms with van der Waals surface area (Å²) in [4.78, 5) is 38.8. The second-order valence-electron chi connectivity index (χ2n) is 14.2. The number of carboxylic acid groups (broad SMARTS) is 1. The highest BCUT2D eigenvalue weighted by Gasteiger charge is 2.43. The van der Waals surface area contributed by atoms with Crippen molar-refractivity contribution >= 4 is 17.9 Å². The van der Waals surface area contributed by atoms with Crippen LogP contribution in [-0.2, 0) is 9.59 Å². The Balaban J connectivity index is 2.10. The third-order valence-electron chi connectivity index (χ3n) is 9.92. The molecular weight excluding hydrogens is 574 g/mol. The maximum absolute atomic E-state index is 13.0. The van der Waals surface area contributed by atoms with Crippen molar-refractivity contribution in [3.05, 3.63) is 0 Å². The van der Waals surface area contributed by atoms with Crippen LogP contribution < -0.4 is 10.6 Å². The van der Waals surface area contributed by atoms with E-state index < -0.39 is 17.9 Å². The van der Waals surface area contributed by atoms with Crippen molar-refractivity contribution in [1.29, 1.82) is 0 Å². The third kappa shape index (κ3) is 22.7. The fourth-order valence-electron chi connectivity index (χ4n) is 6.82. The molecule has 1 aliphatic heterocycles. The normalized spacial score (nSPS) is 16.2. The molecule has 7 nitrogen and oxygen atoms in total. The fourth-order valence-corrected chi connectivity index (χ4v) is 6.82. The molecule has 0 aromatic carbocycles. The molecule has 0 spiro atoms. The summed E-state index contributed by atoms with van der Waals surface area (Å²) >= 11 is 0. The highest BCUT2D eigenvalue weighted by Crippen LogP contribution is 2.24. The summed E-state index contributed by atoms with van der Waals surface area (Å²) in [6.45, 7) is 5.90. The van der Waals surface area contributed by atoms with Gasteiger partial charge in [0, 0.05) is 26.2 Å². The van der Waals surface area contributed by atoms with Crippen molar-refractivity contribution < 1.29 is 19.5 Å². The monoisotopic (exact) mass is 650 g/mol. The SMILES string of the molecule is CCCCCCCCCCCCCCCCNC(=O)[C@@H]1CN(C(=O)O)C[C@H]1C(=O)NCCCCCCCCCCCCCCCC. The number of rotatable bonds is 32. The molecule has 270 valence electrons. The summed E-state index contributed by atoms with van der Waals surface area (Å²) in [6.07, 6.45) is 35.1. The molecular formula is C39H75N3O4. The van der Waals surface area contributed by atoms with E-state index in [0.29, 0.717) is 13.1 Å². The number of hydrogen-bond donors (Lipinski definition) is 3. The van der Waals surface area contributed by atoms with Crippen LogP contribution in [0, 0.1) is 11.8 Å². The van der Waals surface area contributed by atoms with Crippen LogP contribution in [0.25, 0.3) is 0 Å². The van der Waals surface area contributed by atoms with Gasteiger partial charge in [-0.05, 0) is 12.8 Å². The molecule has 0 aromatic rings. The standard InChI is InChI=1S/C39H75N3O4/c1-3-5-7-9-11-13-15-17-19-21-23-25-27-29-31-40-37(43)35-33-42(39(45)46)34-36(35)38(44)41-32-30-28-26-24-22-20-18-16-14-12-10-8-6-4-2/h35-36H,3-34H2,1-2H3,(H,40,43)(H,41,44)(H,45,46)/t35-,36-/m1/s1. The molecule has 0 radical (unpaired) electrons. The highest BCUT2D eigenvalue weighted by atomic mass is 16.4. The number of amides is 3. The van der Waals surface area contributed by atoms with Gasteiger partial charge in [0.25, 0.3) is 0 Å². The summed E-state index contributed by atoms with van der Waals surface area (Å²) in [5.41, 5.74) is 0. The van der Waals surface area contributed by atoms with Gasteiger partial charge in [-0.1, -0.05) is 181 Å². The Morgan fingerprint density at radius 3 is 0.935 bits per heavy atom. The van der Waals surface area contributed by atoms with Crippen molar-refractivity contribution in [3.8, 4) is 0 Å². The van der Waals surface area contributed by atoms with Gasteiger partial charge < -0.3 is 20.6 Å². The number of hydrogen-bond acceptors (Lipinski definition) is 3. The lowest BCUT2D eigenvalue weighted by molar-refractivity contribution is -0.132. The molecule has 2 atom stereocenters. The number of nitrogens with zero attached hydrogens (tertiary/aromatic N) is 1. The molecule has 1 fully saturated rings. The Bertz CT molecular complexity index is 693. The lowest BCUT2D eigenvalue weighted by Crippen LogP contribution is -2.42. The van der Waals surface area contributed by atoms with E-state index in [-0.39, 0.29) is 24.9 Å². The van der Waals surface area contributed by atoms with E-state index in [2.05, 4.69) is 24.5 Å². The molecule has 7 heteroatoms. The van der Waals surface area contributed by atoms with Crippen molar-refractivity contribution in [2.75, 3.05) is 26.2 Å². The van der Waals surface area contributed by atoms with Crippen LogP contribution >= 0.6 is 0 Å². The lowest BCUT2D eigenvalue weighted by atomic mass is 9.94. The molecule has 0 bridgehead atoms. The first-order valence-corrected chi connectivity index (χ1v) is 20.0. The average molecular weight is 650 g/mol. The van der Waals surface area contributed by atoms with Crippen molar-refractivity contribution in [1.82, 2.24) is 15.5 Å². The Morgan fingerprint density at radius 1 is 0.457 bits per heavy atom. The molecule has 0 aromatic heterocycles. The molecule has 0 aliphatic carbocycles. The van der Waals surface area contributed by atoms with E-state index in [0.717, 1.165) is 25.7 Å². The first-order chi connectivity index (χ1) is 22.5. The van der Waals surface area contributed by atoms with E-state index >= 15 is 0 Å². The summed E-state index contributed by atoms with van der Waals surface area (Å²) in [7, 11) is 0. The van der Waals surface area contributed by atoms with E-state index in [4.69, 9.17) is 0 Å². The zero-order chi connectivity index (χ0) is 33.5. The van der Waals surface area contributed by atoms with Crippen LogP contribution in [0.3, 0.4) is 0 Å². The molecule has 0 unspecified atom stereocenters. The zero-order valence-corrected chi connectivity index (χ0v) is 30.4. The molecule has 1 rings (SSSR count). The number of carbonyl (C=O) groups is 3. The number of likely N-dealkylation sites (tertiary alicyclic amines) is 1. The second-order valence-corrected chi connectivity index (χ2v) is 14.2. The first kappa shape index (κ1) is 42.2. The molecule has 3 N–H and O–H groups in total. The van der Waals surface area contributed by atoms with Gasteiger partial charge in [-0.15, -0.1) is 0 Å². The summed E-state index contributed by atoms with van der Waals surface area (Å²) in [5, 5.41) is 15.5. The van der Waals surface area contributed by atoms with Gasteiger partial charge >= 0.3 is 6.09 Å². The molecule has 1 heterocycles. The zero-order valence-electron chi connectivity index (χ0n) is 30.4. The number of unbranched alkanes of at least 4 members (excludes halogenated alkanes) is 26. The van der Waals surface area contributed by atoms with E-state index in [1.807, 2.05) is 0 Å². The van der Waals surface area contributed by atoms with Crippen LogP contribution in [0.4, 0.5) is 4.79 Å². The van der Waals surface area contributed by atoms with Crippen molar-refractivity contribution in [2.24, 2.45) is 11.8 Å². The topological polar surface area (TPSA) is 98.7 Å². The lowest BCUT2D eigenvalue weighted by Gasteiger charge is -2.17. The smallest absolute Gasteiger partial charge is 0.407 e. The van der Waals surface area contributed by atoms with Gasteiger partial charge in [-0.2, -0.15) is 0 Å². The summed E-state index contributed by atoms with van der Waals surface area (Å²) in [5.74, 6) is -1.59. The van der Waals surface area contributed by atoms with E-state index in [1.165, 1.54) is 159 Å². The predicted octanol–water partition coefficient (Wildman–Crippen LogP) is 10.4. The number of carbonyl (C=O) groups excluding carboxylic acids is 2. The Hall–Kier alpha value is -1.79. The Morgan fingerprint density at radius 2 is 0.696 bits per heavy atom. The second kappa shape index (κ2) is 30.5. The molecule has 0 saturated carbocycles. The maximum atomic E-state index is 13.0. The van der Waals surface area contributed by atoms with Gasteiger partial charge in [0.2, 0.25) is 11.8 Å². The minimum atomic E-state index is -1.06. The van der Waals surface area contributed by atoms with Crippen LogP contribution in [0.15, 0.2) is 0 Å². The van der Waals surface area contributed by atoms with Gasteiger partial charge in [0.05, 0.1) is 11.8 Å². The van der Waals surface area contributed by atoms with E-state index in [9.17, 15) is 19.5 Å². The minimum Gasteiger partial charge on any atom is -0.465 e. The van der Waals surface area contributed by atoms with Gasteiger partial charge in [0.15, 0.2) is 0 Å². The van der Waals surface area contributed by atoms with Gasteiger partial charge in [-0.25, -0.2) is 4.79 Å². The first-order valence-electron chi connectivity index (χ1n) is 20.0. The fraction of sp³-hybridized carbons (Fsp3) is 0.923. The van der Waals surface area contributed by atoms with Gasteiger partial charge in [0.1, 0.15) is 0 Å². The summed E-state index contributed by atoms with van der Waals surface area (Å²) in [6, 6.07) is 0. The van der Waals surface area contributed by atoms with Crippen LogP contribution in [0.1, 0.15) is 194 Å². The van der Waals surface area contributed by atoms with Gasteiger partial charge in [-0.3, -0.25) is 9.59 Å². The largest absolute Gasteiger partial charge is 0.465 e. The molecule has 1 saturated heterocycles. The molecule has 3 amide bonds. The van der Waals surface area contributed by atoms with Crippen LogP contribution in [-0.4, -0.2) is 54.1 Å². The molecule has 46 heavy (non-hydrogen) atoms. The number of nitrogens with one attached hydrogen (secondary N) is 2. The minimum absolute atomic E-state index is 0.0941. The molecule has 1 aliphatic rings. The predicted molar refractivity (Wildman–Crippen MR) is 193 cm³/mol. The van der Waals surface area contributed by atoms with E-state index in [1.54, 1.807) is 0 Å². The average Bonchev–Trinajstić information content (AvgIpc) is 3.51. The Kier molecular flexibility index (Phi) is 28.0. The van der Waals surface area contributed by atoms with Crippen molar-refractivity contribution in [2.45, 2.75) is 194 Å². The van der Waals surface area contributed by atoms with Crippen LogP contribution in [0.5, 0.6) is 0 Å².